The van der Waals surface area contributed by atoms with Gasteiger partial charge < -0.3 is 10.2 Å². The van der Waals surface area contributed by atoms with Gasteiger partial charge in [0.1, 0.15) is 11.5 Å². The largest absolute Gasteiger partial charge is 0.507 e. The molecule has 0 saturated carbocycles. The molecule has 0 radical (unpaired) electrons. The first-order valence-electron chi connectivity index (χ1n) is 6.32. The molecule has 120 valence electrons. The van der Waals surface area contributed by atoms with Crippen LogP contribution in [0.5, 0.6) is 11.5 Å². The highest BCUT2D eigenvalue weighted by Gasteiger charge is 2.37. The first kappa shape index (κ1) is 17.0. The summed E-state index contributed by atoms with van der Waals surface area (Å²) in [7, 11) is -3.79. The lowest BCUT2D eigenvalue weighted by atomic mass is 10.0. The van der Waals surface area contributed by atoms with Crippen molar-refractivity contribution < 1.29 is 18.6 Å². The Morgan fingerprint density at radius 2 is 1.26 bits per heavy atom. The third kappa shape index (κ3) is 2.65. The van der Waals surface area contributed by atoms with Crippen molar-refractivity contribution in [3.8, 4) is 11.5 Å². The van der Waals surface area contributed by atoms with Crippen molar-refractivity contribution in [3.05, 3.63) is 42.5 Å². The van der Waals surface area contributed by atoms with E-state index in [1.165, 1.54) is 18.2 Å². The molecule has 4 nitrogen and oxygen atoms in total. The molecule has 0 bridgehead atoms. The van der Waals surface area contributed by atoms with Gasteiger partial charge in [0.25, 0.3) is 0 Å². The Hall–Kier alpha value is -0.830. The summed E-state index contributed by atoms with van der Waals surface area (Å²) in [4.78, 5) is -0.0133. The predicted octanol–water partition coefficient (Wildman–Crippen LogP) is 4.97. The van der Waals surface area contributed by atoms with E-state index in [9.17, 15) is 18.6 Å². The number of sulfone groups is 1. The van der Waals surface area contributed by atoms with Gasteiger partial charge in [0.05, 0.1) is 4.90 Å². The maximum Gasteiger partial charge on any atom is 0.239 e. The van der Waals surface area contributed by atoms with Crippen LogP contribution in [-0.2, 0) is 9.84 Å². The first-order chi connectivity index (χ1) is 10.6. The number of aromatic hydroxyl groups is 2. The summed E-state index contributed by atoms with van der Waals surface area (Å²) in [5, 5.41) is 22.5. The molecule has 23 heavy (non-hydrogen) atoms. The van der Waals surface area contributed by atoms with Gasteiger partial charge in [0.15, 0.2) is 0 Å². The topological polar surface area (TPSA) is 74.6 Å². The number of hydrogen-bond acceptors (Lipinski definition) is 4. The average molecular weight is 525 g/mol. The number of benzene rings is 3. The molecule has 8 heteroatoms. The van der Waals surface area contributed by atoms with Crippen LogP contribution < -0.4 is 0 Å². The SMILES string of the molecule is O=S(=O)(c1ccc2c(O)c3ccccc3c(O)c2c1)C(Br)(Br)Br. The fraction of sp³-hybridized carbons (Fsp3) is 0.0667. The number of phenolic OH excluding ortho intramolecular Hbond substituents is 2. The maximum atomic E-state index is 12.5. The quantitative estimate of drug-likeness (QED) is 0.268. The van der Waals surface area contributed by atoms with Crippen LogP contribution in [0, 0.1) is 0 Å². The monoisotopic (exact) mass is 522 g/mol. The molecule has 3 rings (SSSR count). The summed E-state index contributed by atoms with van der Waals surface area (Å²) in [6.07, 6.45) is 0. The molecule has 0 heterocycles. The molecule has 0 aliphatic carbocycles. The molecule has 0 aliphatic heterocycles. The van der Waals surface area contributed by atoms with Gasteiger partial charge in [-0.15, -0.1) is 0 Å². The van der Waals surface area contributed by atoms with E-state index in [0.717, 1.165) is 0 Å². The van der Waals surface area contributed by atoms with Crippen molar-refractivity contribution in [2.24, 2.45) is 0 Å². The summed E-state index contributed by atoms with van der Waals surface area (Å²) in [6.45, 7) is 0. The van der Waals surface area contributed by atoms with Gasteiger partial charge in [-0.25, -0.2) is 8.42 Å². The van der Waals surface area contributed by atoms with Crippen LogP contribution in [0.25, 0.3) is 21.5 Å². The second-order valence-corrected chi connectivity index (χ2v) is 15.3. The van der Waals surface area contributed by atoms with Gasteiger partial charge in [-0.2, -0.15) is 0 Å². The lowest BCUT2D eigenvalue weighted by Gasteiger charge is -2.15. The van der Waals surface area contributed by atoms with Crippen LogP contribution in [0.4, 0.5) is 0 Å². The van der Waals surface area contributed by atoms with Crippen LogP contribution in [0.1, 0.15) is 0 Å². The van der Waals surface area contributed by atoms with Gasteiger partial charge in [0, 0.05) is 21.5 Å². The van der Waals surface area contributed by atoms with Crippen molar-refractivity contribution >= 4 is 79.2 Å². The first-order valence-corrected chi connectivity index (χ1v) is 10.2. The van der Waals surface area contributed by atoms with Gasteiger partial charge in [-0.3, -0.25) is 0 Å². The fourth-order valence-corrected chi connectivity index (χ4v) is 4.88. The second-order valence-electron chi connectivity index (χ2n) is 4.90. The van der Waals surface area contributed by atoms with Crippen LogP contribution in [0.3, 0.4) is 0 Å². The Kier molecular flexibility index (Phi) is 4.15. The Labute approximate surface area is 157 Å². The molecule has 3 aromatic rings. The Bertz CT molecular complexity index is 1040. The molecule has 0 spiro atoms. The molecular formula is C15H9Br3O4S. The zero-order valence-electron chi connectivity index (χ0n) is 11.3. The van der Waals surface area contributed by atoms with Crippen molar-refractivity contribution in [2.45, 2.75) is 6.37 Å². The average Bonchev–Trinajstić information content (AvgIpc) is 2.51. The summed E-state index contributed by atoms with van der Waals surface area (Å²) < 4.78 is 23.4. The molecule has 0 amide bonds. The molecule has 0 fully saturated rings. The molecule has 0 aromatic heterocycles. The molecule has 0 saturated heterocycles. The van der Waals surface area contributed by atoms with Crippen LogP contribution in [0.2, 0.25) is 0 Å². The van der Waals surface area contributed by atoms with E-state index in [4.69, 9.17) is 0 Å². The summed E-state index contributed by atoms with van der Waals surface area (Å²) in [5.41, 5.74) is 0. The van der Waals surface area contributed by atoms with E-state index in [1.807, 2.05) is 0 Å². The molecule has 0 unspecified atom stereocenters. The molecule has 2 N–H and O–H groups in total. The van der Waals surface area contributed by atoms with E-state index in [1.54, 1.807) is 24.3 Å². The van der Waals surface area contributed by atoms with E-state index in [0.29, 0.717) is 16.2 Å². The highest BCUT2D eigenvalue weighted by Crippen LogP contribution is 2.46. The minimum atomic E-state index is -3.79. The highest BCUT2D eigenvalue weighted by molar-refractivity contribution is 9.42. The van der Waals surface area contributed by atoms with Crippen LogP contribution >= 0.6 is 47.8 Å². The number of halogens is 3. The summed E-state index contributed by atoms with van der Waals surface area (Å²) in [6, 6.07) is 11.0. The molecular weight excluding hydrogens is 516 g/mol. The summed E-state index contributed by atoms with van der Waals surface area (Å²) in [5.74, 6) is -0.0742. The third-order valence-electron chi connectivity index (χ3n) is 3.55. The minimum absolute atomic E-state index is 0.000128. The Morgan fingerprint density at radius 3 is 1.78 bits per heavy atom. The molecule has 0 atom stereocenters. The summed E-state index contributed by atoms with van der Waals surface area (Å²) >= 11 is 9.02. The maximum absolute atomic E-state index is 12.5. The Balaban J connectivity index is 2.42. The molecule has 0 aliphatic rings. The van der Waals surface area contributed by atoms with Crippen molar-refractivity contribution in [2.75, 3.05) is 0 Å². The normalized spacial score (nSPS) is 12.8. The van der Waals surface area contributed by atoms with Gasteiger partial charge >= 0.3 is 0 Å². The van der Waals surface area contributed by atoms with E-state index < -0.39 is 11.3 Å². The smallest absolute Gasteiger partial charge is 0.239 e. The van der Waals surface area contributed by atoms with E-state index in [2.05, 4.69) is 47.8 Å². The number of rotatable bonds is 1. The Morgan fingerprint density at radius 1 is 0.783 bits per heavy atom. The third-order valence-corrected chi connectivity index (χ3v) is 8.87. The fourth-order valence-electron chi connectivity index (χ4n) is 2.41. The predicted molar refractivity (Wildman–Crippen MR) is 101 cm³/mol. The van der Waals surface area contributed by atoms with Gasteiger partial charge in [-0.05, 0) is 66.0 Å². The highest BCUT2D eigenvalue weighted by atomic mass is 80.0. The number of phenols is 2. The number of fused-ring (bicyclic) bond motifs is 2. The lowest BCUT2D eigenvalue weighted by Crippen LogP contribution is -2.17. The van der Waals surface area contributed by atoms with Crippen LogP contribution in [0.15, 0.2) is 47.4 Å². The standard InChI is InChI=1S/C15H9Br3O4S/c16-15(17,18)23(21,22)8-5-6-11-12(7-8)14(20)10-4-2-1-3-9(10)13(11)19/h1-7,19-20H. The van der Waals surface area contributed by atoms with Crippen LogP contribution in [-0.4, -0.2) is 20.1 Å². The lowest BCUT2D eigenvalue weighted by molar-refractivity contribution is 0.478. The van der Waals surface area contributed by atoms with Gasteiger partial charge in [-0.1, -0.05) is 24.3 Å². The van der Waals surface area contributed by atoms with E-state index >= 15 is 0 Å². The number of hydrogen-bond donors (Lipinski definition) is 2. The zero-order chi connectivity index (χ0) is 17.0. The zero-order valence-corrected chi connectivity index (χ0v) is 16.9. The van der Waals surface area contributed by atoms with E-state index in [-0.39, 0.29) is 21.8 Å². The minimum Gasteiger partial charge on any atom is -0.507 e. The van der Waals surface area contributed by atoms with Gasteiger partial charge in [0.2, 0.25) is 11.3 Å². The molecule has 3 aromatic carbocycles. The van der Waals surface area contributed by atoms with Crippen molar-refractivity contribution in [3.63, 3.8) is 0 Å². The van der Waals surface area contributed by atoms with Crippen molar-refractivity contribution in [1.82, 2.24) is 0 Å². The van der Waals surface area contributed by atoms with Crippen molar-refractivity contribution in [1.29, 1.82) is 0 Å². The number of alkyl halides is 3. The second kappa shape index (κ2) is 5.61.